The summed E-state index contributed by atoms with van der Waals surface area (Å²) in [5.74, 6) is -2.30. The van der Waals surface area contributed by atoms with Crippen molar-refractivity contribution in [1.82, 2.24) is 0 Å². The molecule has 0 fully saturated rings. The minimum Gasteiger partial charge on any atom is -0.545 e. The number of carbonyl (C=O) groups excluding carboxylic acids is 1. The van der Waals surface area contributed by atoms with Crippen LogP contribution in [0.4, 0.5) is 0 Å². The number of hydrogen-bond acceptors (Lipinski definition) is 3. The molecule has 0 spiro atoms. The van der Waals surface area contributed by atoms with E-state index < -0.39 is 11.9 Å². The molecule has 0 heterocycles. The number of benzene rings is 3. The largest absolute Gasteiger partial charge is 1.00 e. The molecule has 0 aromatic heterocycles. The first-order valence-electron chi connectivity index (χ1n) is 7.72. The van der Waals surface area contributed by atoms with Crippen LogP contribution < -0.4 is 34.7 Å². The van der Waals surface area contributed by atoms with Gasteiger partial charge >= 0.3 is 35.5 Å². The fourth-order valence-corrected chi connectivity index (χ4v) is 2.78. The Morgan fingerprint density at radius 3 is 1.69 bits per heavy atom. The van der Waals surface area contributed by atoms with Gasteiger partial charge in [-0.3, -0.25) is 0 Å². The summed E-state index contributed by atoms with van der Waals surface area (Å²) >= 11 is 0. The summed E-state index contributed by atoms with van der Waals surface area (Å²) in [5, 5.41) is 20.6. The maximum absolute atomic E-state index is 11.9. The quantitative estimate of drug-likeness (QED) is 0.688. The number of carbonyl (C=O) groups is 2. The molecular formula is C21H15NaO4. The van der Waals surface area contributed by atoms with Crippen molar-refractivity contribution >= 4 is 11.9 Å². The van der Waals surface area contributed by atoms with Crippen LogP contribution in [0.3, 0.4) is 0 Å². The van der Waals surface area contributed by atoms with Crippen molar-refractivity contribution in [1.29, 1.82) is 0 Å². The third-order valence-electron chi connectivity index (χ3n) is 4.07. The predicted molar refractivity (Wildman–Crippen MR) is 93.3 cm³/mol. The summed E-state index contributed by atoms with van der Waals surface area (Å²) in [6.07, 6.45) is 0. The topological polar surface area (TPSA) is 77.4 Å². The van der Waals surface area contributed by atoms with Gasteiger partial charge in [-0.2, -0.15) is 0 Å². The van der Waals surface area contributed by atoms with Gasteiger partial charge in [0.1, 0.15) is 0 Å². The third-order valence-corrected chi connectivity index (χ3v) is 4.07. The van der Waals surface area contributed by atoms with Gasteiger partial charge in [0.25, 0.3) is 0 Å². The molecule has 0 radical (unpaired) electrons. The zero-order valence-corrected chi connectivity index (χ0v) is 16.5. The van der Waals surface area contributed by atoms with Gasteiger partial charge in [-0.15, -0.1) is 0 Å². The molecule has 0 amide bonds. The molecule has 0 aliphatic rings. The van der Waals surface area contributed by atoms with Crippen molar-refractivity contribution in [2.45, 2.75) is 6.92 Å². The second kappa shape index (κ2) is 8.32. The average molecular weight is 354 g/mol. The summed E-state index contributed by atoms with van der Waals surface area (Å²) in [6.45, 7) is 1.97. The Hall–Kier alpha value is -2.40. The second-order valence-corrected chi connectivity index (χ2v) is 5.76. The van der Waals surface area contributed by atoms with Crippen LogP contribution >= 0.6 is 0 Å². The second-order valence-electron chi connectivity index (χ2n) is 5.76. The van der Waals surface area contributed by atoms with Gasteiger partial charge in [-0.25, -0.2) is 4.79 Å². The van der Waals surface area contributed by atoms with Gasteiger partial charge in [-0.1, -0.05) is 72.3 Å². The van der Waals surface area contributed by atoms with Crippen molar-refractivity contribution in [2.75, 3.05) is 0 Å². The van der Waals surface area contributed by atoms with E-state index >= 15 is 0 Å². The molecule has 0 aliphatic heterocycles. The van der Waals surface area contributed by atoms with Crippen LogP contribution in [0.5, 0.6) is 0 Å². The Bertz CT molecular complexity index is 945. The molecule has 0 aliphatic carbocycles. The molecule has 0 unspecified atom stereocenters. The molecule has 4 nitrogen and oxygen atoms in total. The van der Waals surface area contributed by atoms with E-state index in [9.17, 15) is 19.8 Å². The molecule has 3 rings (SSSR count). The maximum atomic E-state index is 11.9. The van der Waals surface area contributed by atoms with Gasteiger partial charge in [0, 0.05) is 0 Å². The molecular weight excluding hydrogens is 339 g/mol. The smallest absolute Gasteiger partial charge is 0.545 e. The monoisotopic (exact) mass is 354 g/mol. The number of aromatic carboxylic acids is 2. The van der Waals surface area contributed by atoms with E-state index in [2.05, 4.69) is 0 Å². The third kappa shape index (κ3) is 4.05. The first kappa shape index (κ1) is 19.9. The van der Waals surface area contributed by atoms with Gasteiger partial charge in [0.2, 0.25) is 0 Å². The minimum atomic E-state index is -1.27. The van der Waals surface area contributed by atoms with Crippen LogP contribution in [-0.4, -0.2) is 17.0 Å². The Kier molecular flexibility index (Phi) is 6.37. The Morgan fingerprint density at radius 1 is 0.808 bits per heavy atom. The van der Waals surface area contributed by atoms with Crippen LogP contribution in [0.1, 0.15) is 26.3 Å². The summed E-state index contributed by atoms with van der Waals surface area (Å²) in [4.78, 5) is 22.8. The van der Waals surface area contributed by atoms with Crippen molar-refractivity contribution in [3.05, 3.63) is 83.4 Å². The van der Waals surface area contributed by atoms with Crippen LogP contribution in [0.2, 0.25) is 0 Å². The summed E-state index contributed by atoms with van der Waals surface area (Å²) in [6, 6.07) is 18.9. The fourth-order valence-electron chi connectivity index (χ4n) is 2.78. The molecule has 5 heteroatoms. The first-order chi connectivity index (χ1) is 12.0. The van der Waals surface area contributed by atoms with Crippen molar-refractivity contribution < 1.29 is 49.4 Å². The molecule has 0 saturated heterocycles. The van der Waals surface area contributed by atoms with E-state index in [1.54, 1.807) is 30.3 Å². The normalized spacial score (nSPS) is 10.0. The Morgan fingerprint density at radius 2 is 1.27 bits per heavy atom. The zero-order valence-electron chi connectivity index (χ0n) is 14.5. The van der Waals surface area contributed by atoms with Crippen molar-refractivity contribution in [2.24, 2.45) is 0 Å². The van der Waals surface area contributed by atoms with Gasteiger partial charge < -0.3 is 15.0 Å². The zero-order chi connectivity index (χ0) is 18.0. The predicted octanol–water partition coefficient (Wildman–Crippen LogP) is 0.395. The first-order valence-corrected chi connectivity index (χ1v) is 7.72. The molecule has 3 aromatic rings. The molecule has 0 saturated carbocycles. The number of carboxylic acid groups (broad SMARTS) is 2. The van der Waals surface area contributed by atoms with E-state index in [-0.39, 0.29) is 40.7 Å². The SMILES string of the molecule is Cc1ccc(-c2cccc(-c3ccc(C(=O)[O-])cc3)c2C(=O)O)cc1.[Na+]. The van der Waals surface area contributed by atoms with Crippen LogP contribution in [-0.2, 0) is 0 Å². The molecule has 124 valence electrons. The average Bonchev–Trinajstić information content (AvgIpc) is 2.61. The van der Waals surface area contributed by atoms with Crippen LogP contribution in [0, 0.1) is 6.92 Å². The number of rotatable bonds is 4. The van der Waals surface area contributed by atoms with Gasteiger partial charge in [-0.05, 0) is 34.7 Å². The number of hydrogen-bond donors (Lipinski definition) is 1. The molecule has 0 bridgehead atoms. The van der Waals surface area contributed by atoms with E-state index in [0.29, 0.717) is 16.7 Å². The van der Waals surface area contributed by atoms with Gasteiger partial charge in [0.05, 0.1) is 11.5 Å². The fraction of sp³-hybridized carbons (Fsp3) is 0.0476. The van der Waals surface area contributed by atoms with Gasteiger partial charge in [0.15, 0.2) is 0 Å². The molecule has 0 atom stereocenters. The minimum absolute atomic E-state index is 0. The van der Waals surface area contributed by atoms with Crippen LogP contribution in [0.25, 0.3) is 22.3 Å². The van der Waals surface area contributed by atoms with E-state index in [1.165, 1.54) is 12.1 Å². The summed E-state index contributed by atoms with van der Waals surface area (Å²) in [7, 11) is 0. The Balaban J connectivity index is 0.00000243. The van der Waals surface area contributed by atoms with Crippen LogP contribution in [0.15, 0.2) is 66.7 Å². The summed E-state index contributed by atoms with van der Waals surface area (Å²) in [5.41, 5.74) is 3.94. The van der Waals surface area contributed by atoms with E-state index in [4.69, 9.17) is 0 Å². The van der Waals surface area contributed by atoms with Crippen molar-refractivity contribution in [3.8, 4) is 22.3 Å². The standard InChI is InChI=1S/C21H16O4.Na/c1-13-5-7-14(8-6-13)17-3-2-4-18(19(17)21(24)25)15-9-11-16(12-10-15)20(22)23;/h2-12H,1H3,(H,22,23)(H,24,25);/q;+1/p-1. The maximum Gasteiger partial charge on any atom is 1.00 e. The number of aryl methyl sites for hydroxylation is 1. The van der Waals surface area contributed by atoms with E-state index in [0.717, 1.165) is 11.1 Å². The Labute approximate surface area is 173 Å². The molecule has 1 N–H and O–H groups in total. The molecule has 3 aromatic carbocycles. The van der Waals surface area contributed by atoms with Crippen molar-refractivity contribution in [3.63, 3.8) is 0 Å². The van der Waals surface area contributed by atoms with E-state index in [1.807, 2.05) is 31.2 Å². The summed E-state index contributed by atoms with van der Waals surface area (Å²) < 4.78 is 0. The molecule has 26 heavy (non-hydrogen) atoms. The number of carboxylic acids is 2.